The molecule has 1 atom stereocenters. The summed E-state index contributed by atoms with van der Waals surface area (Å²) in [6.45, 7) is 9.07. The molecule has 1 fully saturated rings. The SMILES string of the molecule is C=CCCOC(C)C(=O)N1CCN(c2nc3ccccc3s2)CC1. The van der Waals surface area contributed by atoms with Crippen molar-refractivity contribution in [3.05, 3.63) is 36.9 Å². The molecule has 1 aromatic heterocycles. The summed E-state index contributed by atoms with van der Waals surface area (Å²) >= 11 is 1.71. The van der Waals surface area contributed by atoms with Gasteiger partial charge in [-0.05, 0) is 25.5 Å². The fourth-order valence-electron chi connectivity index (χ4n) is 2.77. The average molecular weight is 345 g/mol. The topological polar surface area (TPSA) is 45.7 Å². The minimum atomic E-state index is -0.390. The second kappa shape index (κ2) is 7.77. The van der Waals surface area contributed by atoms with Crippen molar-refractivity contribution in [1.29, 1.82) is 0 Å². The van der Waals surface area contributed by atoms with Crippen LogP contribution in [0.1, 0.15) is 13.3 Å². The molecule has 6 heteroatoms. The smallest absolute Gasteiger partial charge is 0.251 e. The molecular formula is C18H23N3O2S. The lowest BCUT2D eigenvalue weighted by atomic mass is 10.2. The summed E-state index contributed by atoms with van der Waals surface area (Å²) in [6.07, 6.45) is 2.18. The number of para-hydroxylation sites is 1. The molecule has 2 aromatic rings. The standard InChI is InChI=1S/C18H23N3O2S/c1-3-4-13-23-14(2)17(22)20-9-11-21(12-10-20)18-19-15-7-5-6-8-16(15)24-18/h3,5-8,14H,1,4,9-13H2,2H3. The van der Waals surface area contributed by atoms with Gasteiger partial charge in [-0.25, -0.2) is 4.98 Å². The van der Waals surface area contributed by atoms with Gasteiger partial charge in [-0.15, -0.1) is 6.58 Å². The van der Waals surface area contributed by atoms with Gasteiger partial charge in [-0.3, -0.25) is 4.79 Å². The molecule has 24 heavy (non-hydrogen) atoms. The van der Waals surface area contributed by atoms with Crippen LogP contribution in [0.3, 0.4) is 0 Å². The molecule has 1 aromatic carbocycles. The monoisotopic (exact) mass is 345 g/mol. The zero-order chi connectivity index (χ0) is 16.9. The van der Waals surface area contributed by atoms with Crippen molar-refractivity contribution >= 4 is 32.6 Å². The van der Waals surface area contributed by atoms with E-state index in [4.69, 9.17) is 9.72 Å². The number of carbonyl (C=O) groups is 1. The molecule has 5 nitrogen and oxygen atoms in total. The highest BCUT2D eigenvalue weighted by Crippen LogP contribution is 2.29. The fourth-order valence-corrected chi connectivity index (χ4v) is 3.79. The van der Waals surface area contributed by atoms with Crippen LogP contribution < -0.4 is 4.90 Å². The minimum Gasteiger partial charge on any atom is -0.368 e. The van der Waals surface area contributed by atoms with E-state index < -0.39 is 0 Å². The Bertz CT molecular complexity index is 674. The number of hydrogen-bond donors (Lipinski definition) is 0. The average Bonchev–Trinajstić information content (AvgIpc) is 3.05. The van der Waals surface area contributed by atoms with E-state index in [0.717, 1.165) is 30.2 Å². The number of carbonyl (C=O) groups excluding carboxylic acids is 1. The highest BCUT2D eigenvalue weighted by molar-refractivity contribution is 7.22. The maximum absolute atomic E-state index is 12.4. The minimum absolute atomic E-state index is 0.0722. The Balaban J connectivity index is 1.55. The Morgan fingerprint density at radius 2 is 2.12 bits per heavy atom. The van der Waals surface area contributed by atoms with Gasteiger partial charge in [0.25, 0.3) is 5.91 Å². The van der Waals surface area contributed by atoms with Crippen molar-refractivity contribution in [2.75, 3.05) is 37.7 Å². The van der Waals surface area contributed by atoms with E-state index in [1.54, 1.807) is 17.4 Å². The number of amides is 1. The lowest BCUT2D eigenvalue weighted by molar-refractivity contribution is -0.142. The highest BCUT2D eigenvalue weighted by Gasteiger charge is 2.26. The quantitative estimate of drug-likeness (QED) is 0.596. The molecule has 0 saturated carbocycles. The van der Waals surface area contributed by atoms with E-state index in [0.29, 0.717) is 19.7 Å². The fraction of sp³-hybridized carbons (Fsp3) is 0.444. The summed E-state index contributed by atoms with van der Waals surface area (Å²) in [5.74, 6) is 0.0722. The van der Waals surface area contributed by atoms with Crippen molar-refractivity contribution in [3.8, 4) is 0 Å². The molecule has 0 spiro atoms. The first-order chi connectivity index (χ1) is 11.7. The molecule has 128 valence electrons. The van der Waals surface area contributed by atoms with Crippen LogP contribution in [0.2, 0.25) is 0 Å². The molecule has 1 saturated heterocycles. The van der Waals surface area contributed by atoms with Crippen molar-refractivity contribution in [3.63, 3.8) is 0 Å². The predicted molar refractivity (Wildman–Crippen MR) is 98.6 cm³/mol. The molecule has 0 radical (unpaired) electrons. The van der Waals surface area contributed by atoms with Gasteiger partial charge in [-0.1, -0.05) is 29.5 Å². The molecule has 0 bridgehead atoms. The van der Waals surface area contributed by atoms with E-state index in [1.165, 1.54) is 4.70 Å². The van der Waals surface area contributed by atoms with Crippen molar-refractivity contribution in [2.45, 2.75) is 19.4 Å². The van der Waals surface area contributed by atoms with Gasteiger partial charge in [0.05, 0.1) is 16.8 Å². The molecule has 1 unspecified atom stereocenters. The maximum atomic E-state index is 12.4. The largest absolute Gasteiger partial charge is 0.368 e. The number of benzene rings is 1. The number of ether oxygens (including phenoxy) is 1. The number of nitrogens with zero attached hydrogens (tertiary/aromatic N) is 3. The van der Waals surface area contributed by atoms with E-state index >= 15 is 0 Å². The van der Waals surface area contributed by atoms with Crippen LogP contribution in [0.4, 0.5) is 5.13 Å². The molecular weight excluding hydrogens is 322 g/mol. The molecule has 1 aliphatic heterocycles. The molecule has 0 aliphatic carbocycles. The Kier molecular flexibility index (Phi) is 5.48. The predicted octanol–water partition coefficient (Wildman–Crippen LogP) is 2.93. The molecule has 3 rings (SSSR count). The van der Waals surface area contributed by atoms with Gasteiger partial charge < -0.3 is 14.5 Å². The van der Waals surface area contributed by atoms with Crippen LogP contribution in [0.5, 0.6) is 0 Å². The van der Waals surface area contributed by atoms with E-state index in [9.17, 15) is 4.79 Å². The number of piperazine rings is 1. The third kappa shape index (κ3) is 3.76. The third-order valence-electron chi connectivity index (χ3n) is 4.18. The number of hydrogen-bond acceptors (Lipinski definition) is 5. The molecule has 1 aliphatic rings. The second-order valence-electron chi connectivity index (χ2n) is 5.87. The van der Waals surface area contributed by atoms with Crippen molar-refractivity contribution in [2.24, 2.45) is 0 Å². The number of thiazole rings is 1. The van der Waals surface area contributed by atoms with Gasteiger partial charge in [0.15, 0.2) is 5.13 Å². The van der Waals surface area contributed by atoms with Crippen LogP contribution in [0, 0.1) is 0 Å². The molecule has 1 amide bonds. The Hall–Kier alpha value is -1.92. The molecule has 2 heterocycles. The van der Waals surface area contributed by atoms with Crippen LogP contribution in [-0.4, -0.2) is 54.7 Å². The third-order valence-corrected chi connectivity index (χ3v) is 5.28. The van der Waals surface area contributed by atoms with Crippen LogP contribution >= 0.6 is 11.3 Å². The zero-order valence-electron chi connectivity index (χ0n) is 14.0. The van der Waals surface area contributed by atoms with Gasteiger partial charge in [-0.2, -0.15) is 0 Å². The van der Waals surface area contributed by atoms with Gasteiger partial charge in [0.2, 0.25) is 0 Å². The summed E-state index contributed by atoms with van der Waals surface area (Å²) in [4.78, 5) is 21.3. The Labute approximate surface area is 146 Å². The van der Waals surface area contributed by atoms with E-state index in [2.05, 4.69) is 17.5 Å². The maximum Gasteiger partial charge on any atom is 0.251 e. The van der Waals surface area contributed by atoms with E-state index in [1.807, 2.05) is 30.0 Å². The summed E-state index contributed by atoms with van der Waals surface area (Å²) in [7, 11) is 0. The van der Waals surface area contributed by atoms with Gasteiger partial charge in [0, 0.05) is 26.2 Å². The first kappa shape index (κ1) is 16.9. The lowest BCUT2D eigenvalue weighted by Gasteiger charge is -2.35. The van der Waals surface area contributed by atoms with Crippen molar-refractivity contribution in [1.82, 2.24) is 9.88 Å². The van der Waals surface area contributed by atoms with E-state index in [-0.39, 0.29) is 12.0 Å². The van der Waals surface area contributed by atoms with Crippen LogP contribution in [0.25, 0.3) is 10.2 Å². The zero-order valence-corrected chi connectivity index (χ0v) is 14.8. The highest BCUT2D eigenvalue weighted by atomic mass is 32.1. The first-order valence-corrected chi connectivity index (χ1v) is 9.12. The summed E-state index contributed by atoms with van der Waals surface area (Å²) in [5, 5.41) is 1.04. The lowest BCUT2D eigenvalue weighted by Crippen LogP contribution is -2.51. The normalized spacial score (nSPS) is 16.4. The second-order valence-corrected chi connectivity index (χ2v) is 6.88. The number of anilines is 1. The molecule has 0 N–H and O–H groups in total. The summed E-state index contributed by atoms with van der Waals surface area (Å²) in [6, 6.07) is 8.18. The number of aromatic nitrogens is 1. The van der Waals surface area contributed by atoms with Gasteiger partial charge >= 0.3 is 0 Å². The number of fused-ring (bicyclic) bond motifs is 1. The summed E-state index contributed by atoms with van der Waals surface area (Å²) in [5.41, 5.74) is 1.04. The van der Waals surface area contributed by atoms with Crippen molar-refractivity contribution < 1.29 is 9.53 Å². The van der Waals surface area contributed by atoms with Crippen LogP contribution in [0.15, 0.2) is 36.9 Å². The van der Waals surface area contributed by atoms with Crippen LogP contribution in [-0.2, 0) is 9.53 Å². The first-order valence-electron chi connectivity index (χ1n) is 8.31. The summed E-state index contributed by atoms with van der Waals surface area (Å²) < 4.78 is 6.77. The number of rotatable bonds is 6. The van der Waals surface area contributed by atoms with Gasteiger partial charge in [0.1, 0.15) is 6.10 Å². The Morgan fingerprint density at radius 1 is 1.38 bits per heavy atom. The Morgan fingerprint density at radius 3 is 2.83 bits per heavy atom.